The van der Waals surface area contributed by atoms with E-state index in [1.54, 1.807) is 11.3 Å². The van der Waals surface area contributed by atoms with Gasteiger partial charge in [-0.3, -0.25) is 4.79 Å². The van der Waals surface area contributed by atoms with E-state index < -0.39 is 0 Å². The van der Waals surface area contributed by atoms with E-state index in [1.807, 2.05) is 6.07 Å². The van der Waals surface area contributed by atoms with Gasteiger partial charge < -0.3 is 11.1 Å². The lowest BCUT2D eigenvalue weighted by Crippen LogP contribution is -2.40. The quantitative estimate of drug-likeness (QED) is 0.827. The van der Waals surface area contributed by atoms with Crippen molar-refractivity contribution in [2.45, 2.75) is 39.8 Å². The number of rotatable bonds is 5. The van der Waals surface area contributed by atoms with Gasteiger partial charge in [0.05, 0.1) is 12.6 Å². The average molecular weight is 240 g/mol. The first-order valence-corrected chi connectivity index (χ1v) is 6.39. The molecular formula is C12H20N2OS. The van der Waals surface area contributed by atoms with Gasteiger partial charge in [0, 0.05) is 9.75 Å². The molecule has 1 unspecified atom stereocenters. The molecular weight excluding hydrogens is 220 g/mol. The van der Waals surface area contributed by atoms with Gasteiger partial charge in [-0.15, -0.1) is 11.3 Å². The van der Waals surface area contributed by atoms with Crippen molar-refractivity contribution in [1.82, 2.24) is 5.32 Å². The van der Waals surface area contributed by atoms with Crippen LogP contribution in [0, 0.1) is 12.8 Å². The predicted octanol–water partition coefficient (Wildman–Crippen LogP) is 2.05. The number of amides is 1. The van der Waals surface area contributed by atoms with Crippen LogP contribution in [0.1, 0.15) is 30.0 Å². The molecule has 0 spiro atoms. The largest absolute Gasteiger partial charge is 0.350 e. The van der Waals surface area contributed by atoms with Crippen molar-refractivity contribution < 1.29 is 4.79 Å². The van der Waals surface area contributed by atoms with E-state index in [4.69, 9.17) is 5.73 Å². The summed E-state index contributed by atoms with van der Waals surface area (Å²) in [6.45, 7) is 6.77. The Morgan fingerprint density at radius 2 is 2.19 bits per heavy atom. The summed E-state index contributed by atoms with van der Waals surface area (Å²) in [7, 11) is 0. The lowest BCUT2D eigenvalue weighted by atomic mass is 10.0. The van der Waals surface area contributed by atoms with E-state index in [1.165, 1.54) is 9.75 Å². The minimum atomic E-state index is -0.388. The first kappa shape index (κ1) is 13.2. The number of carbonyl (C=O) groups excluding carboxylic acids is 1. The summed E-state index contributed by atoms with van der Waals surface area (Å²) in [6.07, 6.45) is 0.731. The number of carbonyl (C=O) groups is 1. The zero-order valence-corrected chi connectivity index (χ0v) is 10.9. The fraction of sp³-hybridized carbons (Fsp3) is 0.583. The fourth-order valence-corrected chi connectivity index (χ4v) is 2.33. The van der Waals surface area contributed by atoms with E-state index in [9.17, 15) is 4.79 Å². The van der Waals surface area contributed by atoms with Crippen LogP contribution in [0.2, 0.25) is 0 Å². The maximum absolute atomic E-state index is 11.6. The third-order valence-electron chi connectivity index (χ3n) is 2.29. The van der Waals surface area contributed by atoms with Gasteiger partial charge in [0.2, 0.25) is 5.91 Å². The Labute approximate surface area is 101 Å². The van der Waals surface area contributed by atoms with E-state index in [0.29, 0.717) is 12.5 Å². The SMILES string of the molecule is Cc1ccc(CNC(=O)C(N)CC(C)C)s1. The molecule has 1 amide bonds. The molecule has 0 saturated carbocycles. The monoisotopic (exact) mass is 240 g/mol. The number of hydrogen-bond acceptors (Lipinski definition) is 3. The van der Waals surface area contributed by atoms with Gasteiger partial charge in [-0.25, -0.2) is 0 Å². The minimum Gasteiger partial charge on any atom is -0.350 e. The highest BCUT2D eigenvalue weighted by Gasteiger charge is 2.14. The van der Waals surface area contributed by atoms with Gasteiger partial charge in [-0.2, -0.15) is 0 Å². The average Bonchev–Trinajstić information content (AvgIpc) is 2.59. The molecule has 1 heterocycles. The molecule has 0 saturated heterocycles. The molecule has 90 valence electrons. The summed E-state index contributed by atoms with van der Waals surface area (Å²) in [5.74, 6) is 0.393. The second-order valence-electron chi connectivity index (χ2n) is 4.47. The second kappa shape index (κ2) is 6.01. The molecule has 0 radical (unpaired) electrons. The van der Waals surface area contributed by atoms with Gasteiger partial charge in [0.25, 0.3) is 0 Å². The lowest BCUT2D eigenvalue weighted by molar-refractivity contribution is -0.122. The molecule has 1 rings (SSSR count). The molecule has 3 nitrogen and oxygen atoms in total. The van der Waals surface area contributed by atoms with Crippen LogP contribution >= 0.6 is 11.3 Å². The maximum Gasteiger partial charge on any atom is 0.237 e. The Kier molecular flexibility index (Phi) is 4.96. The Balaban J connectivity index is 2.35. The van der Waals surface area contributed by atoms with Crippen LogP contribution in [0.4, 0.5) is 0 Å². The van der Waals surface area contributed by atoms with Crippen molar-refractivity contribution in [3.8, 4) is 0 Å². The summed E-state index contributed by atoms with van der Waals surface area (Å²) in [6, 6.07) is 3.70. The Morgan fingerprint density at radius 3 is 2.69 bits per heavy atom. The highest BCUT2D eigenvalue weighted by Crippen LogP contribution is 2.14. The first-order chi connectivity index (χ1) is 7.49. The number of thiophene rings is 1. The van der Waals surface area contributed by atoms with Gasteiger partial charge in [-0.1, -0.05) is 13.8 Å². The summed E-state index contributed by atoms with van der Waals surface area (Å²) in [4.78, 5) is 14.1. The van der Waals surface area contributed by atoms with Crippen LogP contribution < -0.4 is 11.1 Å². The van der Waals surface area contributed by atoms with Crippen molar-refractivity contribution in [1.29, 1.82) is 0 Å². The van der Waals surface area contributed by atoms with Crippen molar-refractivity contribution in [3.63, 3.8) is 0 Å². The fourth-order valence-electron chi connectivity index (χ4n) is 1.50. The van der Waals surface area contributed by atoms with Crippen LogP contribution in [-0.4, -0.2) is 11.9 Å². The summed E-state index contributed by atoms with van der Waals surface area (Å²) in [5.41, 5.74) is 5.78. The zero-order valence-electron chi connectivity index (χ0n) is 10.1. The zero-order chi connectivity index (χ0) is 12.1. The molecule has 1 aromatic rings. The molecule has 0 bridgehead atoms. The smallest absolute Gasteiger partial charge is 0.237 e. The van der Waals surface area contributed by atoms with Gasteiger partial charge in [0.15, 0.2) is 0 Å². The molecule has 1 atom stereocenters. The van der Waals surface area contributed by atoms with Crippen LogP contribution in [-0.2, 0) is 11.3 Å². The molecule has 0 aliphatic carbocycles. The lowest BCUT2D eigenvalue weighted by Gasteiger charge is -2.13. The molecule has 0 aromatic carbocycles. The van der Waals surface area contributed by atoms with Crippen LogP contribution in [0.3, 0.4) is 0 Å². The van der Waals surface area contributed by atoms with Crippen LogP contribution in [0.25, 0.3) is 0 Å². The van der Waals surface area contributed by atoms with E-state index in [0.717, 1.165) is 6.42 Å². The molecule has 0 fully saturated rings. The topological polar surface area (TPSA) is 55.1 Å². The summed E-state index contributed by atoms with van der Waals surface area (Å²) >= 11 is 1.70. The van der Waals surface area contributed by atoms with Gasteiger partial charge in [-0.05, 0) is 31.4 Å². The van der Waals surface area contributed by atoms with Gasteiger partial charge in [0.1, 0.15) is 0 Å². The van der Waals surface area contributed by atoms with Gasteiger partial charge >= 0.3 is 0 Å². The molecule has 0 aliphatic rings. The van der Waals surface area contributed by atoms with Crippen molar-refractivity contribution in [2.24, 2.45) is 11.7 Å². The van der Waals surface area contributed by atoms with E-state index in [-0.39, 0.29) is 11.9 Å². The molecule has 16 heavy (non-hydrogen) atoms. The van der Waals surface area contributed by atoms with Crippen LogP contribution in [0.5, 0.6) is 0 Å². The molecule has 1 aromatic heterocycles. The minimum absolute atomic E-state index is 0.0558. The summed E-state index contributed by atoms with van der Waals surface area (Å²) < 4.78 is 0. The third kappa shape index (κ3) is 4.33. The number of nitrogens with one attached hydrogen (secondary N) is 1. The Morgan fingerprint density at radius 1 is 1.50 bits per heavy atom. The van der Waals surface area contributed by atoms with E-state index >= 15 is 0 Å². The van der Waals surface area contributed by atoms with Crippen LogP contribution in [0.15, 0.2) is 12.1 Å². The normalized spacial score (nSPS) is 12.8. The summed E-state index contributed by atoms with van der Waals surface area (Å²) in [5, 5.41) is 2.86. The predicted molar refractivity (Wildman–Crippen MR) is 68.3 cm³/mol. The number of hydrogen-bond donors (Lipinski definition) is 2. The van der Waals surface area contributed by atoms with Crippen molar-refractivity contribution in [2.75, 3.05) is 0 Å². The third-order valence-corrected chi connectivity index (χ3v) is 3.30. The highest BCUT2D eigenvalue weighted by atomic mass is 32.1. The Bertz CT molecular complexity index is 347. The number of aryl methyl sites for hydroxylation is 1. The van der Waals surface area contributed by atoms with Crippen molar-refractivity contribution in [3.05, 3.63) is 21.9 Å². The number of nitrogens with two attached hydrogens (primary N) is 1. The standard InChI is InChI=1S/C12H20N2OS/c1-8(2)6-11(13)12(15)14-7-10-5-4-9(3)16-10/h4-5,8,11H,6-7,13H2,1-3H3,(H,14,15). The molecule has 0 aliphatic heterocycles. The second-order valence-corrected chi connectivity index (χ2v) is 5.84. The molecule has 3 N–H and O–H groups in total. The first-order valence-electron chi connectivity index (χ1n) is 5.57. The van der Waals surface area contributed by atoms with Crippen molar-refractivity contribution >= 4 is 17.2 Å². The van der Waals surface area contributed by atoms with E-state index in [2.05, 4.69) is 32.2 Å². The highest BCUT2D eigenvalue weighted by molar-refractivity contribution is 7.11. The Hall–Kier alpha value is -0.870. The molecule has 4 heteroatoms. The maximum atomic E-state index is 11.6.